The van der Waals surface area contributed by atoms with Crippen LogP contribution in [0.25, 0.3) is 0 Å². The molecule has 0 heterocycles. The number of nitrogens with one attached hydrogen (secondary N) is 1. The van der Waals surface area contributed by atoms with Gasteiger partial charge in [0, 0.05) is 12.6 Å². The minimum atomic E-state index is 0.381. The van der Waals surface area contributed by atoms with E-state index in [1.165, 1.54) is 22.3 Å². The number of hydrogen-bond acceptors (Lipinski definition) is 1. The molecule has 0 saturated carbocycles. The van der Waals surface area contributed by atoms with Crippen LogP contribution < -0.4 is 5.32 Å². The highest BCUT2D eigenvalue weighted by Gasteiger charge is 2.04. The van der Waals surface area contributed by atoms with Crippen LogP contribution in [-0.2, 0) is 6.54 Å². The summed E-state index contributed by atoms with van der Waals surface area (Å²) in [4.78, 5) is 0. The average Bonchev–Trinajstić information content (AvgIpc) is 2.38. The second-order valence-electron chi connectivity index (χ2n) is 5.00. The van der Waals surface area contributed by atoms with E-state index in [0.717, 1.165) is 6.54 Å². The first-order chi connectivity index (χ1) is 8.65. The summed E-state index contributed by atoms with van der Waals surface area (Å²) >= 11 is 0. The molecule has 0 aliphatic carbocycles. The molecule has 2 aromatic carbocycles. The van der Waals surface area contributed by atoms with E-state index in [1.54, 1.807) is 0 Å². The maximum Gasteiger partial charge on any atom is 0.0295 e. The molecule has 2 rings (SSSR count). The van der Waals surface area contributed by atoms with Crippen molar-refractivity contribution in [2.45, 2.75) is 33.4 Å². The number of rotatable bonds is 4. The van der Waals surface area contributed by atoms with E-state index < -0.39 is 0 Å². The number of hydrogen-bond donors (Lipinski definition) is 1. The summed E-state index contributed by atoms with van der Waals surface area (Å²) in [5.74, 6) is 0. The van der Waals surface area contributed by atoms with E-state index in [-0.39, 0.29) is 0 Å². The molecule has 18 heavy (non-hydrogen) atoms. The third-order valence-electron chi connectivity index (χ3n) is 3.28. The lowest BCUT2D eigenvalue weighted by molar-refractivity contribution is 0.574. The predicted octanol–water partition coefficient (Wildman–Crippen LogP) is 4.15. The first-order valence-corrected chi connectivity index (χ1v) is 6.50. The molecule has 0 spiro atoms. The van der Waals surface area contributed by atoms with E-state index in [4.69, 9.17) is 0 Å². The summed E-state index contributed by atoms with van der Waals surface area (Å²) in [7, 11) is 0. The van der Waals surface area contributed by atoms with Gasteiger partial charge < -0.3 is 5.32 Å². The fraction of sp³-hybridized carbons (Fsp3) is 0.294. The van der Waals surface area contributed by atoms with Crippen molar-refractivity contribution in [3.63, 3.8) is 0 Å². The van der Waals surface area contributed by atoms with Crippen LogP contribution in [0.2, 0.25) is 0 Å². The van der Waals surface area contributed by atoms with Crippen molar-refractivity contribution in [2.75, 3.05) is 0 Å². The molecule has 0 bridgehead atoms. The third-order valence-corrected chi connectivity index (χ3v) is 3.28. The summed E-state index contributed by atoms with van der Waals surface area (Å²) in [6.07, 6.45) is 0. The summed E-state index contributed by atoms with van der Waals surface area (Å²) in [6, 6.07) is 17.8. The molecule has 0 aliphatic rings. The van der Waals surface area contributed by atoms with Gasteiger partial charge in [0.25, 0.3) is 0 Å². The second-order valence-corrected chi connectivity index (χ2v) is 5.00. The van der Waals surface area contributed by atoms with E-state index in [0.29, 0.717) is 6.04 Å². The van der Waals surface area contributed by atoms with Gasteiger partial charge in [-0.25, -0.2) is 0 Å². The van der Waals surface area contributed by atoms with Crippen LogP contribution in [-0.4, -0.2) is 0 Å². The van der Waals surface area contributed by atoms with Gasteiger partial charge in [0.05, 0.1) is 0 Å². The molecule has 0 amide bonds. The molecule has 0 aliphatic heterocycles. The lowest BCUT2D eigenvalue weighted by Crippen LogP contribution is -2.18. The number of benzene rings is 2. The third kappa shape index (κ3) is 3.44. The second kappa shape index (κ2) is 5.83. The van der Waals surface area contributed by atoms with Gasteiger partial charge in [-0.1, -0.05) is 59.7 Å². The van der Waals surface area contributed by atoms with Crippen molar-refractivity contribution in [1.29, 1.82) is 0 Å². The normalized spacial score (nSPS) is 12.4. The summed E-state index contributed by atoms with van der Waals surface area (Å²) in [6.45, 7) is 7.38. The van der Waals surface area contributed by atoms with Gasteiger partial charge in [0.2, 0.25) is 0 Å². The highest BCUT2D eigenvalue weighted by atomic mass is 14.9. The Bertz CT molecular complexity index is 499. The van der Waals surface area contributed by atoms with Gasteiger partial charge in [-0.15, -0.1) is 0 Å². The summed E-state index contributed by atoms with van der Waals surface area (Å²) < 4.78 is 0. The van der Waals surface area contributed by atoms with Gasteiger partial charge >= 0.3 is 0 Å². The molecule has 1 heteroatoms. The Kier molecular flexibility index (Phi) is 4.16. The zero-order chi connectivity index (χ0) is 13.0. The SMILES string of the molecule is Cc1ccc(CNC(C)c2cccc(C)c2)cc1. The van der Waals surface area contributed by atoms with Crippen molar-refractivity contribution in [3.8, 4) is 0 Å². The monoisotopic (exact) mass is 239 g/mol. The quantitative estimate of drug-likeness (QED) is 0.845. The van der Waals surface area contributed by atoms with Crippen LogP contribution in [0.3, 0.4) is 0 Å². The molecule has 0 radical (unpaired) electrons. The Morgan fingerprint density at radius 3 is 2.33 bits per heavy atom. The van der Waals surface area contributed by atoms with Gasteiger partial charge in [-0.2, -0.15) is 0 Å². The molecular weight excluding hydrogens is 218 g/mol. The van der Waals surface area contributed by atoms with Crippen LogP contribution in [0, 0.1) is 13.8 Å². The van der Waals surface area contributed by atoms with Crippen molar-refractivity contribution in [2.24, 2.45) is 0 Å². The molecular formula is C17H21N. The molecule has 2 aromatic rings. The maximum atomic E-state index is 3.56. The van der Waals surface area contributed by atoms with Crippen LogP contribution in [0.4, 0.5) is 0 Å². The lowest BCUT2D eigenvalue weighted by atomic mass is 10.1. The van der Waals surface area contributed by atoms with Gasteiger partial charge in [-0.3, -0.25) is 0 Å². The van der Waals surface area contributed by atoms with Crippen molar-refractivity contribution in [3.05, 3.63) is 70.8 Å². The largest absolute Gasteiger partial charge is 0.306 e. The Balaban J connectivity index is 1.96. The smallest absolute Gasteiger partial charge is 0.0295 e. The highest BCUT2D eigenvalue weighted by Crippen LogP contribution is 2.14. The standard InChI is InChI=1S/C17H21N/c1-13-7-9-16(10-8-13)12-18-15(3)17-6-4-5-14(2)11-17/h4-11,15,18H,12H2,1-3H3. The molecule has 1 unspecified atom stereocenters. The van der Waals surface area contributed by atoms with E-state index in [1.807, 2.05) is 0 Å². The molecule has 94 valence electrons. The highest BCUT2D eigenvalue weighted by molar-refractivity contribution is 5.25. The molecule has 0 aromatic heterocycles. The Morgan fingerprint density at radius 2 is 1.67 bits per heavy atom. The lowest BCUT2D eigenvalue weighted by Gasteiger charge is -2.15. The first kappa shape index (κ1) is 12.8. The van der Waals surface area contributed by atoms with Gasteiger partial charge in [0.15, 0.2) is 0 Å². The molecule has 1 N–H and O–H groups in total. The summed E-state index contributed by atoms with van der Waals surface area (Å²) in [5.41, 5.74) is 5.31. The molecule has 0 saturated heterocycles. The maximum absolute atomic E-state index is 3.56. The fourth-order valence-electron chi connectivity index (χ4n) is 2.03. The van der Waals surface area contributed by atoms with E-state index >= 15 is 0 Å². The van der Waals surface area contributed by atoms with Crippen LogP contribution >= 0.6 is 0 Å². The Morgan fingerprint density at radius 1 is 0.944 bits per heavy atom. The van der Waals surface area contributed by atoms with Crippen molar-refractivity contribution in [1.82, 2.24) is 5.32 Å². The summed E-state index contributed by atoms with van der Waals surface area (Å²) in [5, 5.41) is 3.56. The first-order valence-electron chi connectivity index (χ1n) is 6.50. The number of aryl methyl sites for hydroxylation is 2. The van der Waals surface area contributed by atoms with Crippen molar-refractivity contribution < 1.29 is 0 Å². The van der Waals surface area contributed by atoms with E-state index in [9.17, 15) is 0 Å². The molecule has 0 fully saturated rings. The van der Waals surface area contributed by atoms with Crippen molar-refractivity contribution >= 4 is 0 Å². The zero-order valence-electron chi connectivity index (χ0n) is 11.4. The predicted molar refractivity (Wildman–Crippen MR) is 77.6 cm³/mol. The average molecular weight is 239 g/mol. The zero-order valence-corrected chi connectivity index (χ0v) is 11.4. The molecule has 1 nitrogen and oxygen atoms in total. The molecule has 1 atom stereocenters. The van der Waals surface area contributed by atoms with Crippen LogP contribution in [0.1, 0.15) is 35.2 Å². The Labute approximate surface area is 110 Å². The van der Waals surface area contributed by atoms with Crippen LogP contribution in [0.5, 0.6) is 0 Å². The Hall–Kier alpha value is -1.60. The fourth-order valence-corrected chi connectivity index (χ4v) is 2.03. The minimum absolute atomic E-state index is 0.381. The van der Waals surface area contributed by atoms with Crippen LogP contribution in [0.15, 0.2) is 48.5 Å². The topological polar surface area (TPSA) is 12.0 Å². The van der Waals surface area contributed by atoms with Gasteiger partial charge in [-0.05, 0) is 31.9 Å². The van der Waals surface area contributed by atoms with Gasteiger partial charge in [0.1, 0.15) is 0 Å². The minimum Gasteiger partial charge on any atom is -0.306 e. The van der Waals surface area contributed by atoms with E-state index in [2.05, 4.69) is 74.6 Å².